The van der Waals surface area contributed by atoms with Gasteiger partial charge in [-0.1, -0.05) is 30.3 Å². The Hall–Kier alpha value is -2.77. The Morgan fingerprint density at radius 3 is 2.38 bits per heavy atom. The van der Waals surface area contributed by atoms with Gasteiger partial charge in [0.2, 0.25) is 0 Å². The molecular weight excluding hydrogens is 345 g/mol. The van der Waals surface area contributed by atoms with E-state index >= 15 is 0 Å². The molecule has 3 heterocycles. The average molecular weight is 362 g/mol. The lowest BCUT2D eigenvalue weighted by molar-refractivity contribution is -0.140. The average Bonchev–Trinajstić information content (AvgIpc) is 3.04. The second-order valence-corrected chi connectivity index (χ2v) is 6.38. The van der Waals surface area contributed by atoms with Crippen molar-refractivity contribution in [2.75, 3.05) is 18.0 Å². The fourth-order valence-corrected chi connectivity index (χ4v) is 3.39. The van der Waals surface area contributed by atoms with Crippen LogP contribution in [-0.2, 0) is 6.18 Å². The number of hydrogen-bond acceptors (Lipinski definition) is 3. The highest BCUT2D eigenvalue weighted by atomic mass is 19.4. The highest BCUT2D eigenvalue weighted by molar-refractivity contribution is 5.81. The molecule has 2 aromatic heterocycles. The van der Waals surface area contributed by atoms with Crippen LogP contribution in [0.15, 0.2) is 41.2 Å². The summed E-state index contributed by atoms with van der Waals surface area (Å²) < 4.78 is 41.6. The molecule has 0 radical (unpaired) electrons. The molecule has 0 aliphatic carbocycles. The Morgan fingerprint density at radius 1 is 1.04 bits per heavy atom. The lowest BCUT2D eigenvalue weighted by Crippen LogP contribution is -2.31. The van der Waals surface area contributed by atoms with Crippen LogP contribution >= 0.6 is 0 Å². The first-order valence-corrected chi connectivity index (χ1v) is 8.48. The second-order valence-electron chi connectivity index (χ2n) is 6.38. The molecule has 5 nitrogen and oxygen atoms in total. The van der Waals surface area contributed by atoms with Gasteiger partial charge in [-0.15, -0.1) is 0 Å². The van der Waals surface area contributed by atoms with Crippen LogP contribution in [0.4, 0.5) is 19.0 Å². The number of fused-ring (bicyclic) bond motifs is 1. The van der Waals surface area contributed by atoms with E-state index in [9.17, 15) is 18.0 Å². The molecule has 1 saturated heterocycles. The lowest BCUT2D eigenvalue weighted by Gasteiger charge is -2.27. The maximum absolute atomic E-state index is 13.6. The maximum Gasteiger partial charge on any atom is 0.433 e. The van der Waals surface area contributed by atoms with Crippen LogP contribution < -0.4 is 10.5 Å². The summed E-state index contributed by atoms with van der Waals surface area (Å²) in [6.07, 6.45) is -1.56. The first-order valence-electron chi connectivity index (χ1n) is 8.48. The largest absolute Gasteiger partial charge is 0.433 e. The predicted molar refractivity (Wildman–Crippen MR) is 92.3 cm³/mol. The summed E-state index contributed by atoms with van der Waals surface area (Å²) >= 11 is 0. The molecule has 1 aliphatic heterocycles. The number of benzene rings is 1. The monoisotopic (exact) mass is 362 g/mol. The minimum atomic E-state index is -4.63. The number of H-pyrrole nitrogens is 1. The number of halogens is 3. The zero-order valence-corrected chi connectivity index (χ0v) is 13.9. The number of piperidine rings is 1. The molecule has 26 heavy (non-hydrogen) atoms. The van der Waals surface area contributed by atoms with Gasteiger partial charge in [-0.3, -0.25) is 9.89 Å². The third-order valence-electron chi connectivity index (χ3n) is 4.63. The van der Waals surface area contributed by atoms with Gasteiger partial charge in [-0.2, -0.15) is 13.2 Å². The number of anilines is 1. The van der Waals surface area contributed by atoms with Crippen molar-refractivity contribution in [2.45, 2.75) is 25.4 Å². The van der Waals surface area contributed by atoms with Gasteiger partial charge in [0.1, 0.15) is 11.5 Å². The highest BCUT2D eigenvalue weighted by Crippen LogP contribution is 2.38. The Bertz CT molecular complexity index is 985. The van der Waals surface area contributed by atoms with E-state index in [-0.39, 0.29) is 11.2 Å². The van der Waals surface area contributed by atoms with Crippen LogP contribution in [0.2, 0.25) is 0 Å². The Balaban J connectivity index is 1.98. The van der Waals surface area contributed by atoms with E-state index in [0.717, 1.165) is 36.9 Å². The van der Waals surface area contributed by atoms with E-state index in [1.807, 2.05) is 4.90 Å². The molecule has 0 bridgehead atoms. The molecule has 0 amide bonds. The minimum Gasteiger partial charge on any atom is -0.356 e. The summed E-state index contributed by atoms with van der Waals surface area (Å²) in [5, 5.41) is 2.20. The zero-order valence-electron chi connectivity index (χ0n) is 13.9. The zero-order chi connectivity index (χ0) is 18.3. The van der Waals surface area contributed by atoms with E-state index in [1.165, 1.54) is 6.07 Å². The number of aromatic amines is 1. The molecule has 4 rings (SSSR count). The van der Waals surface area contributed by atoms with E-state index in [1.54, 1.807) is 30.3 Å². The quantitative estimate of drug-likeness (QED) is 0.756. The van der Waals surface area contributed by atoms with Crippen LogP contribution in [0.3, 0.4) is 0 Å². The molecule has 8 heteroatoms. The molecule has 1 fully saturated rings. The lowest BCUT2D eigenvalue weighted by atomic mass is 10.1. The number of hydrogen-bond donors (Lipinski definition) is 1. The minimum absolute atomic E-state index is 0.00315. The molecule has 0 atom stereocenters. The molecular formula is C18H17F3N4O. The number of aromatic nitrogens is 3. The Labute approximate surface area is 147 Å². The summed E-state index contributed by atoms with van der Waals surface area (Å²) in [6.45, 7) is 1.50. The van der Waals surface area contributed by atoms with Gasteiger partial charge in [0, 0.05) is 19.2 Å². The first kappa shape index (κ1) is 16.7. The van der Waals surface area contributed by atoms with E-state index in [0.29, 0.717) is 11.4 Å². The second kappa shape index (κ2) is 6.19. The summed E-state index contributed by atoms with van der Waals surface area (Å²) in [5.74, 6) is 0.430. The standard InChI is InChI=1S/C18H17F3N4O/c19-18(20,21)16-15(12-7-3-1-4-8-12)17-22-13(11-14(26)25(17)23-16)24-9-5-2-6-10-24/h1,3-4,7-8,11,23H,2,5-6,9-10H2. The van der Waals surface area contributed by atoms with Crippen molar-refractivity contribution < 1.29 is 13.2 Å². The van der Waals surface area contributed by atoms with Crippen molar-refractivity contribution in [3.8, 4) is 11.1 Å². The normalized spacial score (nSPS) is 15.6. The molecule has 1 N–H and O–H groups in total. The van der Waals surface area contributed by atoms with Crippen molar-refractivity contribution >= 4 is 11.5 Å². The SMILES string of the molecule is O=c1cc(N2CCCCC2)nc2c(-c3ccccc3)c(C(F)(F)F)[nH]n12. The van der Waals surface area contributed by atoms with Crippen LogP contribution in [-0.4, -0.2) is 27.7 Å². The van der Waals surface area contributed by atoms with Crippen LogP contribution in [0.5, 0.6) is 0 Å². The van der Waals surface area contributed by atoms with Crippen molar-refractivity contribution in [3.05, 3.63) is 52.4 Å². The Morgan fingerprint density at radius 2 is 1.73 bits per heavy atom. The van der Waals surface area contributed by atoms with Crippen molar-refractivity contribution in [1.29, 1.82) is 0 Å². The summed E-state index contributed by atoms with van der Waals surface area (Å²) in [5.41, 5.74) is -1.26. The fraction of sp³-hybridized carbons (Fsp3) is 0.333. The van der Waals surface area contributed by atoms with Gasteiger partial charge in [0.05, 0.1) is 5.56 Å². The van der Waals surface area contributed by atoms with Crippen LogP contribution in [0.1, 0.15) is 25.0 Å². The van der Waals surface area contributed by atoms with Gasteiger partial charge in [0.25, 0.3) is 5.56 Å². The van der Waals surface area contributed by atoms with Gasteiger partial charge < -0.3 is 4.90 Å². The third-order valence-corrected chi connectivity index (χ3v) is 4.63. The number of rotatable bonds is 2. The molecule has 1 aliphatic rings. The number of nitrogens with zero attached hydrogens (tertiary/aromatic N) is 3. The topological polar surface area (TPSA) is 53.4 Å². The van der Waals surface area contributed by atoms with Crippen LogP contribution in [0.25, 0.3) is 16.8 Å². The summed E-state index contributed by atoms with van der Waals surface area (Å²) in [6, 6.07) is 9.50. The van der Waals surface area contributed by atoms with E-state index in [4.69, 9.17) is 0 Å². The Kier molecular flexibility index (Phi) is 3.97. The molecule has 1 aromatic carbocycles. The van der Waals surface area contributed by atoms with Gasteiger partial charge >= 0.3 is 6.18 Å². The van der Waals surface area contributed by atoms with Crippen molar-refractivity contribution in [3.63, 3.8) is 0 Å². The molecule has 0 spiro atoms. The predicted octanol–water partition coefficient (Wildman–Crippen LogP) is 3.70. The smallest absolute Gasteiger partial charge is 0.356 e. The van der Waals surface area contributed by atoms with Crippen molar-refractivity contribution in [1.82, 2.24) is 14.6 Å². The van der Waals surface area contributed by atoms with Crippen LogP contribution in [0, 0.1) is 0 Å². The van der Waals surface area contributed by atoms with E-state index in [2.05, 4.69) is 10.1 Å². The van der Waals surface area contributed by atoms with Crippen molar-refractivity contribution in [2.24, 2.45) is 0 Å². The van der Waals surface area contributed by atoms with E-state index < -0.39 is 17.4 Å². The molecule has 3 aromatic rings. The first-order chi connectivity index (χ1) is 12.4. The molecule has 136 valence electrons. The number of alkyl halides is 3. The third kappa shape index (κ3) is 2.85. The van der Waals surface area contributed by atoms with Gasteiger partial charge in [0.15, 0.2) is 5.65 Å². The van der Waals surface area contributed by atoms with Gasteiger partial charge in [-0.25, -0.2) is 9.50 Å². The highest BCUT2D eigenvalue weighted by Gasteiger charge is 2.38. The van der Waals surface area contributed by atoms with Gasteiger partial charge in [-0.05, 0) is 24.8 Å². The number of nitrogens with one attached hydrogen (secondary N) is 1. The summed E-state index contributed by atoms with van der Waals surface area (Å²) in [4.78, 5) is 18.8. The fourth-order valence-electron chi connectivity index (χ4n) is 3.39. The maximum atomic E-state index is 13.6. The molecule has 0 unspecified atom stereocenters. The summed E-state index contributed by atoms with van der Waals surface area (Å²) in [7, 11) is 0. The molecule has 0 saturated carbocycles.